The molecule has 1 unspecified atom stereocenters. The second-order valence-electron chi connectivity index (χ2n) is 15.3. The van der Waals surface area contributed by atoms with Crippen molar-refractivity contribution >= 4 is 25.5 Å². The molecule has 1 saturated carbocycles. The molecular formula is C45H78NO11P. The van der Waals surface area contributed by atoms with Crippen LogP contribution in [-0.2, 0) is 37.5 Å². The summed E-state index contributed by atoms with van der Waals surface area (Å²) in [5.74, 6) is -1.55. The smallest absolute Gasteiger partial charge is 0.462 e. The molecule has 6 atom stereocenters. The molecule has 0 saturated heterocycles. The molecule has 1 aliphatic carbocycles. The van der Waals surface area contributed by atoms with Crippen LogP contribution in [0.3, 0.4) is 0 Å². The van der Waals surface area contributed by atoms with Crippen molar-refractivity contribution in [2.45, 2.75) is 180 Å². The standard InChI is InChI=1S/C45H78NO11P/c1-3-5-7-8-9-10-11-12-13-14-15-16-17-18-19-20-26-30-45(51)57-39(37-56-58(52,53)55-34-33-46)36-54-44(50)29-25-22-21-24-28-40-41(43(49)35-42(40)48)32-31-38(47)27-23-6-4-2/h9-10,12-13,15-16,31-32,38-41,43,47,49H,3-8,11,14,17-30,33-37,46H2,1-2H3,(H,52,53)/b10-9-,13-12-,16-15-,32-31+/t38-,39+,40+,41+,43+/m0/s1. The Labute approximate surface area is 349 Å². The second-order valence-corrected chi connectivity index (χ2v) is 16.8. The normalized spacial score (nSPS) is 19.5. The Morgan fingerprint density at radius 3 is 2.03 bits per heavy atom. The number of ether oxygens (including phenoxy) is 2. The van der Waals surface area contributed by atoms with E-state index in [0.717, 1.165) is 83.5 Å². The first-order valence-corrected chi connectivity index (χ1v) is 23.7. The largest absolute Gasteiger partial charge is 0.472 e. The summed E-state index contributed by atoms with van der Waals surface area (Å²) < 4.78 is 32.7. The van der Waals surface area contributed by atoms with Gasteiger partial charge in [0.15, 0.2) is 6.10 Å². The number of phosphoric ester groups is 1. The van der Waals surface area contributed by atoms with Crippen molar-refractivity contribution < 1.29 is 52.6 Å². The van der Waals surface area contributed by atoms with E-state index in [-0.39, 0.29) is 56.6 Å². The van der Waals surface area contributed by atoms with E-state index in [9.17, 15) is 34.1 Å². The Morgan fingerprint density at radius 1 is 0.793 bits per heavy atom. The summed E-state index contributed by atoms with van der Waals surface area (Å²) >= 11 is 0. The highest BCUT2D eigenvalue weighted by atomic mass is 31.2. The number of ketones is 1. The lowest BCUT2D eigenvalue weighted by Gasteiger charge is -2.20. The van der Waals surface area contributed by atoms with Gasteiger partial charge in [0.05, 0.1) is 25.4 Å². The predicted molar refractivity (Wildman–Crippen MR) is 230 cm³/mol. The number of hydrogen-bond donors (Lipinski definition) is 4. The lowest BCUT2D eigenvalue weighted by atomic mass is 9.88. The van der Waals surface area contributed by atoms with Gasteiger partial charge in [0.1, 0.15) is 12.4 Å². The van der Waals surface area contributed by atoms with Crippen LogP contribution in [0.15, 0.2) is 48.6 Å². The summed E-state index contributed by atoms with van der Waals surface area (Å²) in [5, 5.41) is 20.7. The molecule has 334 valence electrons. The number of aliphatic hydroxyl groups is 2. The van der Waals surface area contributed by atoms with E-state index in [1.807, 2.05) is 6.08 Å². The molecule has 12 nitrogen and oxygen atoms in total. The van der Waals surface area contributed by atoms with Crippen molar-refractivity contribution in [3.05, 3.63) is 48.6 Å². The van der Waals surface area contributed by atoms with Crippen molar-refractivity contribution in [3.63, 3.8) is 0 Å². The van der Waals surface area contributed by atoms with Gasteiger partial charge in [0.2, 0.25) is 0 Å². The lowest BCUT2D eigenvalue weighted by Crippen LogP contribution is -2.29. The number of Topliss-reactive ketones (excluding diaryl/α,β-unsaturated/α-hetero) is 1. The number of aliphatic hydroxyl groups excluding tert-OH is 2. The van der Waals surface area contributed by atoms with E-state index < -0.39 is 44.7 Å². The molecule has 0 radical (unpaired) electrons. The van der Waals surface area contributed by atoms with Gasteiger partial charge >= 0.3 is 19.8 Å². The molecule has 0 spiro atoms. The van der Waals surface area contributed by atoms with Crippen LogP contribution >= 0.6 is 7.82 Å². The lowest BCUT2D eigenvalue weighted by molar-refractivity contribution is -0.161. The van der Waals surface area contributed by atoms with Gasteiger partial charge in [-0.2, -0.15) is 0 Å². The van der Waals surface area contributed by atoms with E-state index in [0.29, 0.717) is 25.7 Å². The maximum atomic E-state index is 12.6. The zero-order chi connectivity index (χ0) is 42.7. The van der Waals surface area contributed by atoms with Gasteiger partial charge in [0.25, 0.3) is 0 Å². The molecule has 0 aromatic carbocycles. The summed E-state index contributed by atoms with van der Waals surface area (Å²) in [6.07, 6.45) is 33.2. The summed E-state index contributed by atoms with van der Waals surface area (Å²) in [6, 6.07) is 0. The number of esters is 2. The van der Waals surface area contributed by atoms with Crippen molar-refractivity contribution in [2.24, 2.45) is 17.6 Å². The topological polar surface area (TPSA) is 192 Å². The zero-order valence-corrected chi connectivity index (χ0v) is 36.6. The number of carbonyl (C=O) groups excluding carboxylic acids is 3. The van der Waals surface area contributed by atoms with Crippen molar-refractivity contribution in [3.8, 4) is 0 Å². The van der Waals surface area contributed by atoms with E-state index in [2.05, 4.69) is 50.3 Å². The number of carbonyl (C=O) groups is 3. The van der Waals surface area contributed by atoms with Crippen LogP contribution < -0.4 is 5.73 Å². The van der Waals surface area contributed by atoms with Crippen LogP contribution in [0.1, 0.15) is 162 Å². The van der Waals surface area contributed by atoms with Crippen LogP contribution in [0.4, 0.5) is 0 Å². The minimum Gasteiger partial charge on any atom is -0.462 e. The molecule has 0 aromatic heterocycles. The molecule has 0 heterocycles. The maximum absolute atomic E-state index is 12.6. The van der Waals surface area contributed by atoms with E-state index in [1.54, 1.807) is 6.08 Å². The Balaban J connectivity index is 2.38. The van der Waals surface area contributed by atoms with Crippen molar-refractivity contribution in [2.75, 3.05) is 26.4 Å². The molecule has 0 bridgehead atoms. The molecule has 1 fully saturated rings. The minimum absolute atomic E-state index is 0.0128. The Morgan fingerprint density at radius 2 is 1.38 bits per heavy atom. The second kappa shape index (κ2) is 35.3. The third kappa shape index (κ3) is 28.9. The maximum Gasteiger partial charge on any atom is 0.472 e. The van der Waals surface area contributed by atoms with Gasteiger partial charge in [-0.15, -0.1) is 0 Å². The summed E-state index contributed by atoms with van der Waals surface area (Å²) in [6.45, 7) is 3.29. The fourth-order valence-electron chi connectivity index (χ4n) is 6.71. The average molecular weight is 840 g/mol. The van der Waals surface area contributed by atoms with E-state index >= 15 is 0 Å². The van der Waals surface area contributed by atoms with Crippen LogP contribution in [0.2, 0.25) is 0 Å². The minimum atomic E-state index is -4.45. The molecule has 0 aromatic rings. The van der Waals surface area contributed by atoms with Crippen molar-refractivity contribution in [1.82, 2.24) is 0 Å². The highest BCUT2D eigenvalue weighted by Gasteiger charge is 2.39. The number of unbranched alkanes of at least 4 members (excludes halogenated alkanes) is 12. The summed E-state index contributed by atoms with van der Waals surface area (Å²) in [7, 11) is -4.45. The first-order chi connectivity index (χ1) is 28.0. The predicted octanol–water partition coefficient (Wildman–Crippen LogP) is 9.31. The molecular weight excluding hydrogens is 761 g/mol. The highest BCUT2D eigenvalue weighted by Crippen LogP contribution is 2.43. The first kappa shape index (κ1) is 53.6. The van der Waals surface area contributed by atoms with Crippen LogP contribution in [0, 0.1) is 11.8 Å². The van der Waals surface area contributed by atoms with Gasteiger partial charge in [0, 0.05) is 37.6 Å². The van der Waals surface area contributed by atoms with Crippen molar-refractivity contribution in [1.29, 1.82) is 0 Å². The fourth-order valence-corrected chi connectivity index (χ4v) is 7.48. The van der Waals surface area contributed by atoms with E-state index in [1.165, 1.54) is 19.3 Å². The van der Waals surface area contributed by atoms with Crippen LogP contribution in [-0.4, -0.2) is 77.5 Å². The van der Waals surface area contributed by atoms with Gasteiger partial charge < -0.3 is 30.3 Å². The molecule has 13 heteroatoms. The number of phosphoric acid groups is 1. The van der Waals surface area contributed by atoms with Gasteiger partial charge in [-0.05, 0) is 64.2 Å². The number of hydrogen-bond acceptors (Lipinski definition) is 11. The van der Waals surface area contributed by atoms with E-state index in [4.69, 9.17) is 24.3 Å². The highest BCUT2D eigenvalue weighted by molar-refractivity contribution is 7.47. The van der Waals surface area contributed by atoms with Gasteiger partial charge in [-0.1, -0.05) is 127 Å². The summed E-state index contributed by atoms with van der Waals surface area (Å²) in [4.78, 5) is 47.6. The molecule has 58 heavy (non-hydrogen) atoms. The zero-order valence-electron chi connectivity index (χ0n) is 35.7. The van der Waals surface area contributed by atoms with Gasteiger partial charge in [-0.3, -0.25) is 23.4 Å². The number of nitrogens with two attached hydrogens (primary N) is 1. The molecule has 0 amide bonds. The molecule has 5 N–H and O–H groups in total. The third-order valence-corrected chi connectivity index (χ3v) is 11.1. The fraction of sp³-hybridized carbons (Fsp3) is 0.756. The first-order valence-electron chi connectivity index (χ1n) is 22.2. The Hall–Kier alpha value is -2.44. The summed E-state index contributed by atoms with van der Waals surface area (Å²) in [5.41, 5.74) is 5.34. The molecule has 1 aliphatic rings. The Kier molecular flexibility index (Phi) is 32.6. The Bertz CT molecular complexity index is 1250. The monoisotopic (exact) mass is 840 g/mol. The quantitative estimate of drug-likeness (QED) is 0.0201. The molecule has 1 rings (SSSR count). The number of allylic oxidation sites excluding steroid dienone is 6. The van der Waals surface area contributed by atoms with Gasteiger partial charge in [-0.25, -0.2) is 4.57 Å². The molecule has 0 aliphatic heterocycles. The van der Waals surface area contributed by atoms with Crippen LogP contribution in [0.5, 0.6) is 0 Å². The third-order valence-electron chi connectivity index (χ3n) is 10.1. The average Bonchev–Trinajstić information content (AvgIpc) is 3.47. The SMILES string of the molecule is CCCCC/C=C\C/C=C\C/C=C\CCCCCCC(=O)O[C@H](COC(=O)CCCCCC[C@H]1C(=O)C[C@@H](O)[C@@H]1/C=C/[C@@H](O)CCCCC)COP(=O)(O)OCCN. The number of rotatable bonds is 37. The van der Waals surface area contributed by atoms with Crippen LogP contribution in [0.25, 0.3) is 0 Å².